The lowest BCUT2D eigenvalue weighted by Crippen LogP contribution is -2.18. The van der Waals surface area contributed by atoms with Crippen molar-refractivity contribution in [1.82, 2.24) is 4.83 Å². The molecule has 0 amide bonds. The molecule has 0 unspecified atom stereocenters. The first-order valence-corrected chi connectivity index (χ1v) is 9.04. The fraction of sp³-hybridized carbons (Fsp3) is 0.0714. The summed E-state index contributed by atoms with van der Waals surface area (Å²) in [5.74, 6) is 0. The van der Waals surface area contributed by atoms with Crippen LogP contribution < -0.4 is 4.83 Å². The highest BCUT2D eigenvalue weighted by Crippen LogP contribution is 2.15. The Hall–Kier alpha value is -1.50. The standard InChI is InChI=1S/C14H13ClN2O2S2/c1-20-13-6-2-11(3-7-13)10-16-17-21(18,19)14-8-4-12(15)5-9-14/h2-10,17H,1H3/b16-10+. The Kier molecular flexibility index (Phi) is 5.27. The summed E-state index contributed by atoms with van der Waals surface area (Å²) in [5, 5.41) is 4.24. The maximum atomic E-state index is 12.0. The number of nitrogens with zero attached hydrogens (tertiary/aromatic N) is 1. The van der Waals surface area contributed by atoms with Gasteiger partial charge in [-0.3, -0.25) is 0 Å². The van der Waals surface area contributed by atoms with Crippen molar-refractivity contribution in [3.63, 3.8) is 0 Å². The molecule has 0 heterocycles. The third-order valence-corrected chi connectivity index (χ3v) is 4.86. The number of hydrogen-bond acceptors (Lipinski definition) is 4. The van der Waals surface area contributed by atoms with Gasteiger partial charge in [0.05, 0.1) is 11.1 Å². The number of rotatable bonds is 5. The number of sulfonamides is 1. The number of hydrogen-bond donors (Lipinski definition) is 1. The lowest BCUT2D eigenvalue weighted by Gasteiger charge is -2.03. The minimum Gasteiger partial charge on any atom is -0.200 e. The van der Waals surface area contributed by atoms with E-state index in [1.165, 1.54) is 30.5 Å². The van der Waals surface area contributed by atoms with Crippen molar-refractivity contribution in [3.05, 3.63) is 59.1 Å². The van der Waals surface area contributed by atoms with Crippen molar-refractivity contribution in [2.24, 2.45) is 5.10 Å². The predicted octanol–water partition coefficient (Wildman–Crippen LogP) is 3.37. The highest BCUT2D eigenvalue weighted by atomic mass is 35.5. The second kappa shape index (κ2) is 6.98. The van der Waals surface area contributed by atoms with Crippen molar-refractivity contribution < 1.29 is 8.42 Å². The molecule has 1 N–H and O–H groups in total. The number of hydrazone groups is 1. The molecule has 0 atom stereocenters. The van der Waals surface area contributed by atoms with E-state index in [0.29, 0.717) is 5.02 Å². The summed E-state index contributed by atoms with van der Waals surface area (Å²) in [6, 6.07) is 13.5. The number of halogens is 1. The van der Waals surface area contributed by atoms with Gasteiger partial charge in [-0.15, -0.1) is 11.8 Å². The third kappa shape index (κ3) is 4.49. The van der Waals surface area contributed by atoms with E-state index in [0.717, 1.165) is 10.5 Å². The maximum Gasteiger partial charge on any atom is 0.276 e. The molecule has 0 aromatic heterocycles. The predicted molar refractivity (Wildman–Crippen MR) is 87.6 cm³/mol. The summed E-state index contributed by atoms with van der Waals surface area (Å²) in [6.07, 6.45) is 3.45. The molecule has 0 saturated carbocycles. The van der Waals surface area contributed by atoms with Gasteiger partial charge in [-0.1, -0.05) is 23.7 Å². The van der Waals surface area contributed by atoms with Crippen LogP contribution in [0.15, 0.2) is 63.4 Å². The van der Waals surface area contributed by atoms with Crippen LogP contribution in [-0.2, 0) is 10.0 Å². The normalized spacial score (nSPS) is 11.7. The summed E-state index contributed by atoms with van der Waals surface area (Å²) < 4.78 is 23.9. The van der Waals surface area contributed by atoms with Gasteiger partial charge in [-0.05, 0) is 48.2 Å². The molecule has 0 aliphatic heterocycles. The number of nitrogens with one attached hydrogen (secondary N) is 1. The number of thioether (sulfide) groups is 1. The Bertz CT molecular complexity index is 727. The lowest BCUT2D eigenvalue weighted by atomic mass is 10.2. The molecule has 0 aliphatic carbocycles. The van der Waals surface area contributed by atoms with Crippen LogP contribution in [-0.4, -0.2) is 20.9 Å². The van der Waals surface area contributed by atoms with Crippen molar-refractivity contribution in [2.75, 3.05) is 6.26 Å². The molecule has 0 spiro atoms. The topological polar surface area (TPSA) is 58.5 Å². The third-order valence-electron chi connectivity index (χ3n) is 2.63. The first-order valence-electron chi connectivity index (χ1n) is 5.96. The van der Waals surface area contributed by atoms with Gasteiger partial charge in [0.2, 0.25) is 0 Å². The van der Waals surface area contributed by atoms with E-state index < -0.39 is 10.0 Å². The van der Waals surface area contributed by atoms with Gasteiger partial charge in [-0.25, -0.2) is 4.83 Å². The summed E-state index contributed by atoms with van der Waals surface area (Å²) in [7, 11) is -3.67. The smallest absolute Gasteiger partial charge is 0.200 e. The van der Waals surface area contributed by atoms with Gasteiger partial charge in [0.15, 0.2) is 0 Å². The van der Waals surface area contributed by atoms with E-state index in [2.05, 4.69) is 9.93 Å². The molecule has 0 aliphatic rings. The first kappa shape index (κ1) is 15.9. The van der Waals surface area contributed by atoms with Crippen LogP contribution in [0.25, 0.3) is 0 Å². The first-order chi connectivity index (χ1) is 10.0. The Labute approximate surface area is 133 Å². The molecule has 0 saturated heterocycles. The number of benzene rings is 2. The Morgan fingerprint density at radius 1 is 1.10 bits per heavy atom. The maximum absolute atomic E-state index is 12.0. The molecular formula is C14H13ClN2O2S2. The van der Waals surface area contributed by atoms with E-state index in [4.69, 9.17) is 11.6 Å². The molecular weight excluding hydrogens is 328 g/mol. The molecule has 0 bridgehead atoms. The largest absolute Gasteiger partial charge is 0.276 e. The second-order valence-electron chi connectivity index (χ2n) is 4.08. The van der Waals surface area contributed by atoms with Crippen LogP contribution >= 0.6 is 23.4 Å². The monoisotopic (exact) mass is 340 g/mol. The van der Waals surface area contributed by atoms with Gasteiger partial charge in [-0.2, -0.15) is 13.5 Å². The zero-order valence-electron chi connectivity index (χ0n) is 11.2. The highest BCUT2D eigenvalue weighted by Gasteiger charge is 2.11. The average Bonchev–Trinajstić information content (AvgIpc) is 2.48. The summed E-state index contributed by atoms with van der Waals surface area (Å²) in [6.45, 7) is 0. The quantitative estimate of drug-likeness (QED) is 0.515. The van der Waals surface area contributed by atoms with Crippen LogP contribution in [0.2, 0.25) is 5.02 Å². The fourth-order valence-corrected chi connectivity index (χ4v) is 2.85. The Morgan fingerprint density at radius 2 is 1.71 bits per heavy atom. The lowest BCUT2D eigenvalue weighted by molar-refractivity contribution is 0.584. The van der Waals surface area contributed by atoms with E-state index in [1.807, 2.05) is 30.5 Å². The minimum absolute atomic E-state index is 0.113. The molecule has 2 aromatic rings. The fourth-order valence-electron chi connectivity index (χ4n) is 1.53. The van der Waals surface area contributed by atoms with Crippen LogP contribution in [0.4, 0.5) is 0 Å². The molecule has 21 heavy (non-hydrogen) atoms. The highest BCUT2D eigenvalue weighted by molar-refractivity contribution is 7.98. The van der Waals surface area contributed by atoms with Crippen LogP contribution in [0.5, 0.6) is 0 Å². The minimum atomic E-state index is -3.67. The molecule has 7 heteroatoms. The molecule has 110 valence electrons. The SMILES string of the molecule is CSc1ccc(/C=N/NS(=O)(=O)c2ccc(Cl)cc2)cc1. The molecule has 0 radical (unpaired) electrons. The summed E-state index contributed by atoms with van der Waals surface area (Å²) in [5.41, 5.74) is 0.812. The van der Waals surface area contributed by atoms with E-state index >= 15 is 0 Å². The van der Waals surface area contributed by atoms with Gasteiger partial charge >= 0.3 is 0 Å². The molecule has 4 nitrogen and oxygen atoms in total. The van der Waals surface area contributed by atoms with Crippen molar-refractivity contribution in [1.29, 1.82) is 0 Å². The van der Waals surface area contributed by atoms with E-state index in [9.17, 15) is 8.42 Å². The van der Waals surface area contributed by atoms with Crippen molar-refractivity contribution in [2.45, 2.75) is 9.79 Å². The Morgan fingerprint density at radius 3 is 2.29 bits per heavy atom. The molecule has 2 aromatic carbocycles. The zero-order valence-corrected chi connectivity index (χ0v) is 13.5. The van der Waals surface area contributed by atoms with Crippen molar-refractivity contribution in [3.8, 4) is 0 Å². The van der Waals surface area contributed by atoms with Crippen LogP contribution in [0.3, 0.4) is 0 Å². The average molecular weight is 341 g/mol. The molecule has 2 rings (SSSR count). The molecule has 0 fully saturated rings. The van der Waals surface area contributed by atoms with Crippen LogP contribution in [0, 0.1) is 0 Å². The van der Waals surface area contributed by atoms with E-state index in [-0.39, 0.29) is 4.90 Å². The van der Waals surface area contributed by atoms with Gasteiger partial charge in [0, 0.05) is 9.92 Å². The Balaban J connectivity index is 2.06. The van der Waals surface area contributed by atoms with Gasteiger partial charge in [0.1, 0.15) is 0 Å². The summed E-state index contributed by atoms with van der Waals surface area (Å²) >= 11 is 7.36. The van der Waals surface area contributed by atoms with E-state index in [1.54, 1.807) is 11.8 Å². The second-order valence-corrected chi connectivity index (χ2v) is 7.06. The van der Waals surface area contributed by atoms with Crippen LogP contribution in [0.1, 0.15) is 5.56 Å². The van der Waals surface area contributed by atoms with Crippen molar-refractivity contribution >= 4 is 39.6 Å². The van der Waals surface area contributed by atoms with Gasteiger partial charge in [0.25, 0.3) is 10.0 Å². The summed E-state index contributed by atoms with van der Waals surface area (Å²) in [4.78, 5) is 3.41. The van der Waals surface area contributed by atoms with Gasteiger partial charge < -0.3 is 0 Å². The zero-order chi connectivity index (χ0) is 15.3.